The lowest BCUT2D eigenvalue weighted by Gasteiger charge is -2.07. The molecular weight excluding hydrogens is 336 g/mol. The number of fused-ring (bicyclic) bond motifs is 1. The van der Waals surface area contributed by atoms with Crippen LogP contribution in [-0.2, 0) is 14.3 Å². The minimum absolute atomic E-state index is 0.237. The highest BCUT2D eigenvalue weighted by molar-refractivity contribution is 8.01. The molecule has 0 bridgehead atoms. The fourth-order valence-electron chi connectivity index (χ4n) is 1.51. The fourth-order valence-corrected chi connectivity index (χ4v) is 3.47. The SMILES string of the molecule is C=C(C)C(=O)OCNC(=O)OCCSc1nc2ccccc2s1. The number of para-hydroxylation sites is 1. The van der Waals surface area contributed by atoms with E-state index < -0.39 is 12.1 Å². The standard InChI is InChI=1S/C15H16N2O4S2/c1-10(2)13(18)21-9-16-14(19)20-7-8-22-15-17-11-5-3-4-6-12(11)23-15/h3-6H,1,7-9H2,2H3,(H,16,19). The number of ether oxygens (including phenoxy) is 2. The smallest absolute Gasteiger partial charge is 0.409 e. The number of alkyl carbamates (subject to hydrolysis) is 1. The number of hydrogen-bond donors (Lipinski definition) is 1. The maximum atomic E-state index is 11.4. The van der Waals surface area contributed by atoms with Crippen LogP contribution >= 0.6 is 23.1 Å². The minimum atomic E-state index is -0.635. The predicted octanol–water partition coefficient (Wildman–Crippen LogP) is 3.19. The number of benzene rings is 1. The number of hydrogen-bond acceptors (Lipinski definition) is 7. The zero-order valence-electron chi connectivity index (χ0n) is 12.5. The third-order valence-corrected chi connectivity index (χ3v) is 4.73. The number of carbonyl (C=O) groups excluding carboxylic acids is 2. The first-order valence-electron chi connectivity index (χ1n) is 6.78. The van der Waals surface area contributed by atoms with Gasteiger partial charge in [-0.25, -0.2) is 14.6 Å². The Kier molecular flexibility index (Phi) is 6.42. The van der Waals surface area contributed by atoms with Gasteiger partial charge in [0.2, 0.25) is 0 Å². The molecule has 8 heteroatoms. The van der Waals surface area contributed by atoms with Crippen LogP contribution in [0.15, 0.2) is 40.8 Å². The highest BCUT2D eigenvalue weighted by Crippen LogP contribution is 2.28. The third kappa shape index (κ3) is 5.57. The van der Waals surface area contributed by atoms with Crippen LogP contribution in [0.3, 0.4) is 0 Å². The summed E-state index contributed by atoms with van der Waals surface area (Å²) in [6.45, 7) is 4.96. The van der Waals surface area contributed by atoms with Gasteiger partial charge in [0.25, 0.3) is 0 Å². The van der Waals surface area contributed by atoms with Crippen molar-refractivity contribution in [2.75, 3.05) is 19.1 Å². The highest BCUT2D eigenvalue weighted by atomic mass is 32.2. The van der Waals surface area contributed by atoms with Crippen LogP contribution in [0.1, 0.15) is 6.92 Å². The van der Waals surface area contributed by atoms with Crippen LogP contribution < -0.4 is 5.32 Å². The first kappa shape index (κ1) is 17.3. The monoisotopic (exact) mass is 352 g/mol. The van der Waals surface area contributed by atoms with E-state index in [-0.39, 0.29) is 18.9 Å². The van der Waals surface area contributed by atoms with E-state index in [4.69, 9.17) is 9.47 Å². The lowest BCUT2D eigenvalue weighted by atomic mass is 10.3. The van der Waals surface area contributed by atoms with E-state index in [0.29, 0.717) is 5.75 Å². The van der Waals surface area contributed by atoms with Gasteiger partial charge in [-0.3, -0.25) is 5.32 Å². The van der Waals surface area contributed by atoms with Crippen molar-refractivity contribution in [2.45, 2.75) is 11.3 Å². The molecule has 23 heavy (non-hydrogen) atoms. The van der Waals surface area contributed by atoms with Gasteiger partial charge in [-0.2, -0.15) is 0 Å². The van der Waals surface area contributed by atoms with E-state index in [1.807, 2.05) is 24.3 Å². The lowest BCUT2D eigenvalue weighted by Crippen LogP contribution is -2.29. The van der Waals surface area contributed by atoms with E-state index in [0.717, 1.165) is 14.6 Å². The van der Waals surface area contributed by atoms with E-state index in [1.54, 1.807) is 11.3 Å². The number of aromatic nitrogens is 1. The summed E-state index contributed by atoms with van der Waals surface area (Å²) in [6.07, 6.45) is -0.635. The number of amides is 1. The van der Waals surface area contributed by atoms with Crippen LogP contribution in [0, 0.1) is 0 Å². The Morgan fingerprint density at radius 3 is 2.87 bits per heavy atom. The number of thioether (sulfide) groups is 1. The maximum Gasteiger partial charge on any atom is 0.409 e. The summed E-state index contributed by atoms with van der Waals surface area (Å²) >= 11 is 3.13. The Morgan fingerprint density at radius 2 is 2.13 bits per heavy atom. The molecule has 122 valence electrons. The summed E-state index contributed by atoms with van der Waals surface area (Å²) in [4.78, 5) is 26.9. The maximum absolute atomic E-state index is 11.4. The van der Waals surface area contributed by atoms with E-state index in [1.165, 1.54) is 18.7 Å². The van der Waals surface area contributed by atoms with Gasteiger partial charge in [0, 0.05) is 11.3 Å². The van der Waals surface area contributed by atoms with Gasteiger partial charge in [-0.05, 0) is 19.1 Å². The summed E-state index contributed by atoms with van der Waals surface area (Å²) in [6, 6.07) is 7.91. The predicted molar refractivity (Wildman–Crippen MR) is 90.6 cm³/mol. The molecule has 1 heterocycles. The van der Waals surface area contributed by atoms with E-state index in [9.17, 15) is 9.59 Å². The van der Waals surface area contributed by atoms with Crippen LogP contribution in [0.2, 0.25) is 0 Å². The second-order valence-electron chi connectivity index (χ2n) is 4.47. The normalized spacial score (nSPS) is 10.3. The zero-order valence-corrected chi connectivity index (χ0v) is 14.2. The number of nitrogens with zero attached hydrogens (tertiary/aromatic N) is 1. The van der Waals surface area contributed by atoms with Crippen molar-refractivity contribution in [1.82, 2.24) is 10.3 Å². The molecule has 0 atom stereocenters. The average Bonchev–Trinajstić information content (AvgIpc) is 2.94. The highest BCUT2D eigenvalue weighted by Gasteiger charge is 2.07. The molecule has 0 spiro atoms. The number of esters is 1. The molecule has 0 aliphatic heterocycles. The summed E-state index contributed by atoms with van der Waals surface area (Å²) in [5.41, 5.74) is 1.24. The first-order valence-corrected chi connectivity index (χ1v) is 8.58. The van der Waals surface area contributed by atoms with Crippen molar-refractivity contribution in [2.24, 2.45) is 0 Å². The third-order valence-electron chi connectivity index (χ3n) is 2.58. The molecule has 0 unspecified atom stereocenters. The second kappa shape index (κ2) is 8.54. The van der Waals surface area contributed by atoms with Crippen LogP contribution in [0.4, 0.5) is 4.79 Å². The number of thiazole rings is 1. The van der Waals surface area contributed by atoms with Crippen molar-refractivity contribution in [3.63, 3.8) is 0 Å². The molecule has 6 nitrogen and oxygen atoms in total. The van der Waals surface area contributed by atoms with Crippen molar-refractivity contribution in [3.8, 4) is 0 Å². The molecule has 0 fully saturated rings. The summed E-state index contributed by atoms with van der Waals surface area (Å²) in [5, 5.41) is 2.32. The molecule has 0 saturated carbocycles. The zero-order chi connectivity index (χ0) is 16.7. The Hall–Kier alpha value is -2.06. The first-order chi connectivity index (χ1) is 11.1. The fraction of sp³-hybridized carbons (Fsp3) is 0.267. The molecule has 2 aromatic rings. The molecule has 0 radical (unpaired) electrons. The largest absolute Gasteiger partial charge is 0.449 e. The van der Waals surface area contributed by atoms with Crippen LogP contribution in [0.25, 0.3) is 10.2 Å². The van der Waals surface area contributed by atoms with Gasteiger partial charge in [-0.1, -0.05) is 30.5 Å². The Labute approximate surface area is 141 Å². The van der Waals surface area contributed by atoms with Crippen molar-refractivity contribution < 1.29 is 19.1 Å². The Morgan fingerprint density at radius 1 is 1.35 bits per heavy atom. The van der Waals surface area contributed by atoms with Crippen LogP contribution in [-0.4, -0.2) is 36.1 Å². The molecular formula is C15H16N2O4S2. The molecule has 0 aliphatic carbocycles. The molecule has 2 rings (SSSR count). The van der Waals surface area contributed by atoms with Crippen molar-refractivity contribution >= 4 is 45.4 Å². The number of carbonyl (C=O) groups is 2. The number of rotatable bonds is 7. The minimum Gasteiger partial charge on any atom is -0.449 e. The van der Waals surface area contributed by atoms with Gasteiger partial charge < -0.3 is 9.47 Å². The summed E-state index contributed by atoms with van der Waals surface area (Å²) < 4.78 is 11.8. The average molecular weight is 352 g/mol. The summed E-state index contributed by atoms with van der Waals surface area (Å²) in [5.74, 6) is 0.0374. The van der Waals surface area contributed by atoms with Gasteiger partial charge >= 0.3 is 12.1 Å². The summed E-state index contributed by atoms with van der Waals surface area (Å²) in [7, 11) is 0. The molecule has 0 saturated heterocycles. The van der Waals surface area contributed by atoms with Gasteiger partial charge in [-0.15, -0.1) is 11.3 Å². The van der Waals surface area contributed by atoms with Gasteiger partial charge in [0.05, 0.1) is 10.2 Å². The molecule has 0 aliphatic rings. The molecule has 1 N–H and O–H groups in total. The van der Waals surface area contributed by atoms with E-state index >= 15 is 0 Å². The second-order valence-corrected chi connectivity index (χ2v) is 6.84. The topological polar surface area (TPSA) is 77.5 Å². The van der Waals surface area contributed by atoms with Gasteiger partial charge in [0.15, 0.2) is 11.1 Å². The Bertz CT molecular complexity index is 681. The molecule has 1 aromatic carbocycles. The Balaban J connectivity index is 1.62. The van der Waals surface area contributed by atoms with Crippen molar-refractivity contribution in [3.05, 3.63) is 36.4 Å². The van der Waals surface area contributed by atoms with E-state index in [2.05, 4.69) is 16.9 Å². The molecule has 1 aromatic heterocycles. The molecule has 1 amide bonds. The lowest BCUT2D eigenvalue weighted by molar-refractivity contribution is -0.139. The number of nitrogens with one attached hydrogen (secondary N) is 1. The van der Waals surface area contributed by atoms with Crippen LogP contribution in [0.5, 0.6) is 0 Å². The van der Waals surface area contributed by atoms with Gasteiger partial charge in [0.1, 0.15) is 6.61 Å². The quantitative estimate of drug-likeness (QED) is 0.271. The van der Waals surface area contributed by atoms with Crippen molar-refractivity contribution in [1.29, 1.82) is 0 Å².